The van der Waals surface area contributed by atoms with E-state index in [0.717, 1.165) is 37.4 Å². The van der Waals surface area contributed by atoms with E-state index in [1.807, 2.05) is 18.2 Å². The third-order valence-corrected chi connectivity index (χ3v) is 3.15. The van der Waals surface area contributed by atoms with Crippen LogP contribution in [0.3, 0.4) is 0 Å². The first-order valence-electron chi connectivity index (χ1n) is 5.79. The number of nitrogens with two attached hydrogens (primary N) is 1. The van der Waals surface area contributed by atoms with Crippen LogP contribution in [-0.2, 0) is 0 Å². The normalized spacial score (nSPS) is 25.6. The van der Waals surface area contributed by atoms with E-state index in [1.54, 1.807) is 7.11 Å². The van der Waals surface area contributed by atoms with Gasteiger partial charge >= 0.3 is 0 Å². The molecule has 1 aromatic carbocycles. The van der Waals surface area contributed by atoms with Gasteiger partial charge in [-0.2, -0.15) is 0 Å². The molecule has 0 spiro atoms. The monoisotopic (exact) mass is 220 g/mol. The van der Waals surface area contributed by atoms with Gasteiger partial charge in [0.25, 0.3) is 0 Å². The van der Waals surface area contributed by atoms with E-state index in [2.05, 4.69) is 17.9 Å². The molecule has 16 heavy (non-hydrogen) atoms. The summed E-state index contributed by atoms with van der Waals surface area (Å²) < 4.78 is 5.38. The van der Waals surface area contributed by atoms with Crippen molar-refractivity contribution < 1.29 is 4.74 Å². The first-order chi connectivity index (χ1) is 7.62. The van der Waals surface area contributed by atoms with Crippen LogP contribution in [-0.4, -0.2) is 25.7 Å². The van der Waals surface area contributed by atoms with Crippen molar-refractivity contribution in [1.29, 1.82) is 0 Å². The Morgan fingerprint density at radius 3 is 2.81 bits per heavy atom. The quantitative estimate of drug-likeness (QED) is 0.828. The molecule has 1 aromatic rings. The van der Waals surface area contributed by atoms with E-state index in [-0.39, 0.29) is 5.54 Å². The van der Waals surface area contributed by atoms with Gasteiger partial charge in [-0.05, 0) is 31.9 Å². The topological polar surface area (TPSA) is 38.5 Å². The Morgan fingerprint density at radius 1 is 1.38 bits per heavy atom. The Bertz CT molecular complexity index is 363. The van der Waals surface area contributed by atoms with Gasteiger partial charge in [0.05, 0.1) is 12.8 Å². The molecule has 0 aromatic heterocycles. The molecule has 1 aliphatic rings. The number of rotatable bonds is 2. The third-order valence-electron chi connectivity index (χ3n) is 3.15. The van der Waals surface area contributed by atoms with Gasteiger partial charge in [0, 0.05) is 18.6 Å². The van der Waals surface area contributed by atoms with Crippen LogP contribution in [0.1, 0.15) is 19.8 Å². The van der Waals surface area contributed by atoms with Crippen LogP contribution in [0.15, 0.2) is 24.3 Å². The van der Waals surface area contributed by atoms with Crippen molar-refractivity contribution >= 4 is 5.69 Å². The van der Waals surface area contributed by atoms with E-state index in [4.69, 9.17) is 10.5 Å². The van der Waals surface area contributed by atoms with Gasteiger partial charge in [-0.25, -0.2) is 0 Å². The van der Waals surface area contributed by atoms with Gasteiger partial charge in [-0.15, -0.1) is 0 Å². The zero-order valence-corrected chi connectivity index (χ0v) is 10.1. The van der Waals surface area contributed by atoms with Gasteiger partial charge in [0.2, 0.25) is 0 Å². The summed E-state index contributed by atoms with van der Waals surface area (Å²) in [6, 6.07) is 8.13. The Balaban J connectivity index is 2.23. The standard InChI is InChI=1S/C13H20N2O/c1-13(14)8-5-9-15(10-13)11-6-3-4-7-12(11)16-2/h3-4,6-7H,5,8-10,14H2,1-2H3. The Labute approximate surface area is 97.2 Å². The summed E-state index contributed by atoms with van der Waals surface area (Å²) in [5.74, 6) is 0.931. The van der Waals surface area contributed by atoms with Gasteiger partial charge in [-0.3, -0.25) is 0 Å². The Kier molecular flexibility index (Phi) is 3.06. The van der Waals surface area contributed by atoms with Crippen LogP contribution >= 0.6 is 0 Å². The fourth-order valence-corrected chi connectivity index (χ4v) is 2.36. The fourth-order valence-electron chi connectivity index (χ4n) is 2.36. The predicted molar refractivity (Wildman–Crippen MR) is 67.0 cm³/mol. The molecule has 2 rings (SSSR count). The first-order valence-corrected chi connectivity index (χ1v) is 5.79. The van der Waals surface area contributed by atoms with Crippen LogP contribution in [0.5, 0.6) is 5.75 Å². The lowest BCUT2D eigenvalue weighted by Crippen LogP contribution is -2.52. The van der Waals surface area contributed by atoms with Crippen LogP contribution in [0.4, 0.5) is 5.69 Å². The number of nitrogens with zero attached hydrogens (tertiary/aromatic N) is 1. The highest BCUT2D eigenvalue weighted by Crippen LogP contribution is 2.31. The molecule has 1 aliphatic heterocycles. The number of hydrogen-bond acceptors (Lipinski definition) is 3. The molecule has 2 N–H and O–H groups in total. The molecule has 88 valence electrons. The maximum atomic E-state index is 6.21. The van der Waals surface area contributed by atoms with E-state index in [9.17, 15) is 0 Å². The third kappa shape index (κ3) is 2.30. The highest BCUT2D eigenvalue weighted by atomic mass is 16.5. The molecule has 0 radical (unpaired) electrons. The molecule has 1 saturated heterocycles. The van der Waals surface area contributed by atoms with Crippen molar-refractivity contribution in [3.63, 3.8) is 0 Å². The smallest absolute Gasteiger partial charge is 0.142 e. The zero-order valence-electron chi connectivity index (χ0n) is 10.1. The second kappa shape index (κ2) is 4.34. The van der Waals surface area contributed by atoms with Gasteiger partial charge in [0.15, 0.2) is 0 Å². The van der Waals surface area contributed by atoms with Crippen molar-refractivity contribution in [2.75, 3.05) is 25.1 Å². The largest absolute Gasteiger partial charge is 0.495 e. The molecule has 0 bridgehead atoms. The lowest BCUT2D eigenvalue weighted by Gasteiger charge is -2.39. The van der Waals surface area contributed by atoms with Crippen molar-refractivity contribution in [2.24, 2.45) is 5.73 Å². The summed E-state index contributed by atoms with van der Waals surface area (Å²) in [6.45, 7) is 4.08. The molecule has 0 saturated carbocycles. The maximum absolute atomic E-state index is 6.21. The fraction of sp³-hybridized carbons (Fsp3) is 0.538. The van der Waals surface area contributed by atoms with E-state index in [0.29, 0.717) is 0 Å². The number of anilines is 1. The Morgan fingerprint density at radius 2 is 2.12 bits per heavy atom. The zero-order chi connectivity index (χ0) is 11.6. The number of ether oxygens (including phenoxy) is 1. The van der Waals surface area contributed by atoms with E-state index >= 15 is 0 Å². The highest BCUT2D eigenvalue weighted by molar-refractivity contribution is 5.59. The molecule has 1 unspecified atom stereocenters. The molecule has 3 nitrogen and oxygen atoms in total. The highest BCUT2D eigenvalue weighted by Gasteiger charge is 2.27. The van der Waals surface area contributed by atoms with Crippen molar-refractivity contribution in [3.05, 3.63) is 24.3 Å². The number of para-hydroxylation sites is 2. The minimum absolute atomic E-state index is 0.0842. The summed E-state index contributed by atoms with van der Waals surface area (Å²) in [4.78, 5) is 2.32. The minimum atomic E-state index is -0.0842. The van der Waals surface area contributed by atoms with Crippen LogP contribution in [0, 0.1) is 0 Å². The van der Waals surface area contributed by atoms with Gasteiger partial charge in [-0.1, -0.05) is 12.1 Å². The summed E-state index contributed by atoms with van der Waals surface area (Å²) in [7, 11) is 1.71. The van der Waals surface area contributed by atoms with Crippen molar-refractivity contribution in [1.82, 2.24) is 0 Å². The van der Waals surface area contributed by atoms with Crippen LogP contribution in [0.2, 0.25) is 0 Å². The molecule has 1 atom stereocenters. The summed E-state index contributed by atoms with van der Waals surface area (Å²) in [6.07, 6.45) is 2.24. The van der Waals surface area contributed by atoms with Crippen LogP contribution in [0.25, 0.3) is 0 Å². The van der Waals surface area contributed by atoms with E-state index < -0.39 is 0 Å². The molecular weight excluding hydrogens is 200 g/mol. The van der Waals surface area contributed by atoms with Gasteiger partial charge in [0.1, 0.15) is 5.75 Å². The maximum Gasteiger partial charge on any atom is 0.142 e. The lowest BCUT2D eigenvalue weighted by atomic mass is 9.92. The lowest BCUT2D eigenvalue weighted by molar-refractivity contribution is 0.368. The van der Waals surface area contributed by atoms with Crippen molar-refractivity contribution in [2.45, 2.75) is 25.3 Å². The van der Waals surface area contributed by atoms with E-state index in [1.165, 1.54) is 0 Å². The molecular formula is C13H20N2O. The molecule has 3 heteroatoms. The average molecular weight is 220 g/mol. The predicted octanol–water partition coefficient (Wildman–Crippen LogP) is 2.01. The second-order valence-corrected chi connectivity index (χ2v) is 4.85. The molecule has 0 aliphatic carbocycles. The number of hydrogen-bond donors (Lipinski definition) is 1. The van der Waals surface area contributed by atoms with Gasteiger partial charge < -0.3 is 15.4 Å². The van der Waals surface area contributed by atoms with Crippen molar-refractivity contribution in [3.8, 4) is 5.75 Å². The number of methoxy groups -OCH3 is 1. The Hall–Kier alpha value is -1.22. The molecule has 1 heterocycles. The second-order valence-electron chi connectivity index (χ2n) is 4.85. The summed E-state index contributed by atoms with van der Waals surface area (Å²) in [5, 5.41) is 0. The summed E-state index contributed by atoms with van der Waals surface area (Å²) >= 11 is 0. The SMILES string of the molecule is COc1ccccc1N1CCCC(C)(N)C1. The first kappa shape index (κ1) is 11.3. The molecule has 0 amide bonds. The minimum Gasteiger partial charge on any atom is -0.495 e. The van der Waals surface area contributed by atoms with Crippen LogP contribution < -0.4 is 15.4 Å². The number of piperidine rings is 1. The summed E-state index contributed by atoms with van der Waals surface area (Å²) in [5.41, 5.74) is 7.28. The molecule has 1 fully saturated rings. The number of benzene rings is 1. The average Bonchev–Trinajstić information content (AvgIpc) is 2.27.